The van der Waals surface area contributed by atoms with Gasteiger partial charge in [-0.3, -0.25) is 4.68 Å². The Morgan fingerprint density at radius 3 is 3.00 bits per heavy atom. The average Bonchev–Trinajstić information content (AvgIpc) is 2.67. The summed E-state index contributed by atoms with van der Waals surface area (Å²) in [5.74, 6) is 1.00. The Morgan fingerprint density at radius 2 is 2.29 bits per heavy atom. The van der Waals surface area contributed by atoms with Crippen molar-refractivity contribution < 1.29 is 0 Å². The Bertz CT molecular complexity index is 504. The molecule has 6 heteroatoms. The van der Waals surface area contributed by atoms with Crippen molar-refractivity contribution >= 4 is 11.8 Å². The molecule has 0 atom stereocenters. The summed E-state index contributed by atoms with van der Waals surface area (Å²) in [5, 5.41) is 7.50. The zero-order chi connectivity index (χ0) is 12.3. The number of hydrogen-bond acceptors (Lipinski definition) is 5. The number of nitrogens with two attached hydrogens (primary N) is 1. The Morgan fingerprint density at radius 1 is 1.47 bits per heavy atom. The van der Waals surface area contributed by atoms with Gasteiger partial charge in [0.2, 0.25) is 5.95 Å². The van der Waals surface area contributed by atoms with Gasteiger partial charge in [0.05, 0.1) is 5.69 Å². The van der Waals surface area contributed by atoms with Crippen molar-refractivity contribution in [3.05, 3.63) is 29.7 Å². The second kappa shape index (κ2) is 4.82. The molecule has 0 aromatic carbocycles. The molecule has 0 fully saturated rings. The first-order valence-corrected chi connectivity index (χ1v) is 5.53. The molecule has 0 aliphatic rings. The van der Waals surface area contributed by atoms with Gasteiger partial charge in [-0.2, -0.15) is 10.1 Å². The molecule has 0 aliphatic carbocycles. The van der Waals surface area contributed by atoms with Gasteiger partial charge >= 0.3 is 0 Å². The molecule has 6 nitrogen and oxygen atoms in total. The van der Waals surface area contributed by atoms with E-state index in [0.29, 0.717) is 18.3 Å². The van der Waals surface area contributed by atoms with Gasteiger partial charge in [-0.25, -0.2) is 4.98 Å². The Kier molecular flexibility index (Phi) is 3.22. The van der Waals surface area contributed by atoms with Crippen LogP contribution >= 0.6 is 0 Å². The van der Waals surface area contributed by atoms with Crippen LogP contribution in [0, 0.1) is 0 Å². The second-order valence-electron chi connectivity index (χ2n) is 3.79. The minimum absolute atomic E-state index is 0.462. The van der Waals surface area contributed by atoms with Crippen LogP contribution in [0.5, 0.6) is 0 Å². The lowest BCUT2D eigenvalue weighted by molar-refractivity contribution is 0.746. The molecule has 2 heterocycles. The number of hydrogen-bond donors (Lipinski definition) is 2. The van der Waals surface area contributed by atoms with Crippen molar-refractivity contribution in [2.75, 3.05) is 11.1 Å². The minimum atomic E-state index is 0.462. The van der Waals surface area contributed by atoms with Gasteiger partial charge in [0.15, 0.2) is 0 Å². The molecule has 0 saturated heterocycles. The van der Waals surface area contributed by atoms with E-state index in [9.17, 15) is 0 Å². The number of anilines is 2. The maximum absolute atomic E-state index is 5.58. The molecule has 0 spiro atoms. The van der Waals surface area contributed by atoms with Crippen LogP contribution in [0.2, 0.25) is 0 Å². The van der Waals surface area contributed by atoms with Gasteiger partial charge in [-0.1, -0.05) is 6.92 Å². The Labute approximate surface area is 99.9 Å². The molecule has 3 N–H and O–H groups in total. The number of nitrogens with one attached hydrogen (secondary N) is 1. The number of nitrogens with zero attached hydrogens (tertiary/aromatic N) is 4. The van der Waals surface area contributed by atoms with E-state index >= 15 is 0 Å². The van der Waals surface area contributed by atoms with Crippen LogP contribution in [0.15, 0.2) is 18.5 Å². The summed E-state index contributed by atoms with van der Waals surface area (Å²) >= 11 is 0. The van der Waals surface area contributed by atoms with E-state index in [4.69, 9.17) is 5.73 Å². The van der Waals surface area contributed by atoms with E-state index in [2.05, 4.69) is 27.3 Å². The highest BCUT2D eigenvalue weighted by molar-refractivity contribution is 5.36. The smallest absolute Gasteiger partial charge is 0.224 e. The van der Waals surface area contributed by atoms with E-state index in [0.717, 1.165) is 17.7 Å². The normalized spacial score (nSPS) is 10.5. The summed E-state index contributed by atoms with van der Waals surface area (Å²) in [6.07, 6.45) is 4.54. The van der Waals surface area contributed by atoms with Crippen molar-refractivity contribution in [3.8, 4) is 0 Å². The summed E-state index contributed by atoms with van der Waals surface area (Å²) < 4.78 is 1.82. The van der Waals surface area contributed by atoms with E-state index in [1.807, 2.05) is 17.9 Å². The second-order valence-corrected chi connectivity index (χ2v) is 3.79. The molecule has 2 rings (SSSR count). The number of aromatic nitrogens is 4. The molecule has 2 aromatic rings. The van der Waals surface area contributed by atoms with E-state index in [1.165, 1.54) is 0 Å². The van der Waals surface area contributed by atoms with Crippen LogP contribution in [-0.4, -0.2) is 19.7 Å². The fraction of sp³-hybridized carbons (Fsp3) is 0.364. The lowest BCUT2D eigenvalue weighted by Gasteiger charge is -2.04. The van der Waals surface area contributed by atoms with Gasteiger partial charge in [0.1, 0.15) is 5.82 Å². The van der Waals surface area contributed by atoms with Crippen LogP contribution in [0.1, 0.15) is 18.2 Å². The highest BCUT2D eigenvalue weighted by Gasteiger charge is 2.06. The van der Waals surface area contributed by atoms with Gasteiger partial charge in [-0.15, -0.1) is 0 Å². The summed E-state index contributed by atoms with van der Waals surface area (Å²) in [7, 11) is 1.92. The lowest BCUT2D eigenvalue weighted by Crippen LogP contribution is -2.05. The van der Waals surface area contributed by atoms with Gasteiger partial charge in [-0.05, 0) is 12.5 Å². The zero-order valence-electron chi connectivity index (χ0n) is 10.0. The van der Waals surface area contributed by atoms with Crippen LogP contribution < -0.4 is 11.1 Å². The molecule has 0 radical (unpaired) electrons. The van der Waals surface area contributed by atoms with Crippen LogP contribution in [0.25, 0.3) is 0 Å². The van der Waals surface area contributed by atoms with E-state index < -0.39 is 0 Å². The van der Waals surface area contributed by atoms with Gasteiger partial charge in [0, 0.05) is 31.5 Å². The molecule has 0 saturated carbocycles. The third-order valence-electron chi connectivity index (χ3n) is 2.44. The molecule has 0 amide bonds. The first-order valence-electron chi connectivity index (χ1n) is 5.53. The number of nitrogen functional groups attached to an aromatic ring is 1. The molecule has 0 aliphatic heterocycles. The fourth-order valence-electron chi connectivity index (χ4n) is 1.66. The summed E-state index contributed by atoms with van der Waals surface area (Å²) in [5.41, 5.74) is 7.82. The van der Waals surface area contributed by atoms with Crippen molar-refractivity contribution in [2.24, 2.45) is 7.05 Å². The van der Waals surface area contributed by atoms with Gasteiger partial charge < -0.3 is 11.1 Å². The molecule has 2 aromatic heterocycles. The topological polar surface area (TPSA) is 81.7 Å². The quantitative estimate of drug-likeness (QED) is 0.820. The summed E-state index contributed by atoms with van der Waals surface area (Å²) in [4.78, 5) is 8.17. The third-order valence-corrected chi connectivity index (χ3v) is 2.44. The number of rotatable bonds is 4. The molecule has 90 valence electrons. The Hall–Kier alpha value is -2.11. The molecular weight excluding hydrogens is 216 g/mol. The standard InChI is InChI=1S/C11H16N6/c1-3-9-8(7-17(2)16-9)6-14-11-13-5-4-10(12)15-11/h4-5,7H,3,6H2,1-2H3,(H3,12,13,14,15). The van der Waals surface area contributed by atoms with Crippen molar-refractivity contribution in [1.29, 1.82) is 0 Å². The summed E-state index contributed by atoms with van der Waals surface area (Å²) in [6, 6.07) is 1.66. The van der Waals surface area contributed by atoms with E-state index in [1.54, 1.807) is 12.3 Å². The highest BCUT2D eigenvalue weighted by Crippen LogP contribution is 2.09. The summed E-state index contributed by atoms with van der Waals surface area (Å²) in [6.45, 7) is 2.74. The first kappa shape index (κ1) is 11.4. The van der Waals surface area contributed by atoms with Crippen LogP contribution in [-0.2, 0) is 20.0 Å². The maximum atomic E-state index is 5.58. The van der Waals surface area contributed by atoms with Crippen LogP contribution in [0.3, 0.4) is 0 Å². The minimum Gasteiger partial charge on any atom is -0.384 e. The van der Waals surface area contributed by atoms with Crippen molar-refractivity contribution in [2.45, 2.75) is 19.9 Å². The largest absolute Gasteiger partial charge is 0.384 e. The number of aryl methyl sites for hydroxylation is 2. The predicted molar refractivity (Wildman–Crippen MR) is 66.4 cm³/mol. The maximum Gasteiger partial charge on any atom is 0.224 e. The third kappa shape index (κ3) is 2.72. The van der Waals surface area contributed by atoms with E-state index in [-0.39, 0.29) is 0 Å². The van der Waals surface area contributed by atoms with Crippen molar-refractivity contribution in [3.63, 3.8) is 0 Å². The van der Waals surface area contributed by atoms with Crippen molar-refractivity contribution in [1.82, 2.24) is 19.7 Å². The molecule has 0 bridgehead atoms. The zero-order valence-corrected chi connectivity index (χ0v) is 10.0. The monoisotopic (exact) mass is 232 g/mol. The lowest BCUT2D eigenvalue weighted by atomic mass is 10.2. The predicted octanol–water partition coefficient (Wildman–Crippen LogP) is 0.967. The average molecular weight is 232 g/mol. The molecular formula is C11H16N6. The fourth-order valence-corrected chi connectivity index (χ4v) is 1.66. The Balaban J connectivity index is 2.06. The molecule has 17 heavy (non-hydrogen) atoms. The van der Waals surface area contributed by atoms with Gasteiger partial charge in [0.25, 0.3) is 0 Å². The van der Waals surface area contributed by atoms with Crippen LogP contribution in [0.4, 0.5) is 11.8 Å². The first-order chi connectivity index (χ1) is 8.19. The SMILES string of the molecule is CCc1nn(C)cc1CNc1nccc(N)n1. The highest BCUT2D eigenvalue weighted by atomic mass is 15.3. The molecule has 0 unspecified atom stereocenters.